The molecule has 1 aliphatic carbocycles. The number of aliphatic hydroxyl groups is 2. The van der Waals surface area contributed by atoms with Crippen molar-refractivity contribution < 1.29 is 24.5 Å². The Kier molecular flexibility index (Phi) is 6.60. The van der Waals surface area contributed by atoms with E-state index in [1.54, 1.807) is 38.1 Å². The van der Waals surface area contributed by atoms with Crippen LogP contribution >= 0.6 is 0 Å². The molecule has 7 heteroatoms. The van der Waals surface area contributed by atoms with Gasteiger partial charge in [0.05, 0.1) is 13.2 Å². The van der Waals surface area contributed by atoms with Crippen molar-refractivity contribution in [2.75, 3.05) is 13.7 Å². The van der Waals surface area contributed by atoms with E-state index < -0.39 is 29.6 Å². The van der Waals surface area contributed by atoms with E-state index in [1.165, 1.54) is 7.11 Å². The second-order valence-corrected chi connectivity index (χ2v) is 7.35. The molecule has 1 amide bonds. The highest BCUT2D eigenvalue weighted by Gasteiger charge is 2.38. The van der Waals surface area contributed by atoms with Gasteiger partial charge in [0.15, 0.2) is 0 Å². The summed E-state index contributed by atoms with van der Waals surface area (Å²) in [6, 6.07) is 5.64. The maximum Gasteiger partial charge on any atom is 0.330 e. The zero-order valence-electron chi connectivity index (χ0n) is 15.7. The minimum atomic E-state index is -0.981. The van der Waals surface area contributed by atoms with Crippen LogP contribution in [0.4, 0.5) is 0 Å². The normalized spacial score (nSPS) is 22.7. The van der Waals surface area contributed by atoms with Crippen LogP contribution in [0.5, 0.6) is 0 Å². The fourth-order valence-electron chi connectivity index (χ4n) is 2.86. The number of benzene rings is 1. The van der Waals surface area contributed by atoms with Gasteiger partial charge in [-0.3, -0.25) is 4.79 Å². The summed E-state index contributed by atoms with van der Waals surface area (Å²) in [7, 11) is 1.24. The van der Waals surface area contributed by atoms with Crippen LogP contribution in [0.2, 0.25) is 0 Å². The van der Waals surface area contributed by atoms with Crippen molar-refractivity contribution >= 4 is 11.9 Å². The van der Waals surface area contributed by atoms with Crippen LogP contribution in [0.3, 0.4) is 0 Å². The van der Waals surface area contributed by atoms with Crippen molar-refractivity contribution in [3.8, 4) is 11.8 Å². The van der Waals surface area contributed by atoms with Crippen molar-refractivity contribution in [1.29, 1.82) is 0 Å². The minimum absolute atomic E-state index is 0.0272. The average Bonchev–Trinajstić information content (AvgIpc) is 2.61. The fourth-order valence-corrected chi connectivity index (χ4v) is 2.86. The Morgan fingerprint density at radius 1 is 1.37 bits per heavy atom. The van der Waals surface area contributed by atoms with Gasteiger partial charge in [-0.25, -0.2) is 4.79 Å². The number of methoxy groups -OCH3 is 1. The first kappa shape index (κ1) is 20.9. The molecule has 0 heterocycles. The lowest BCUT2D eigenvalue weighted by Crippen LogP contribution is -2.59. The van der Waals surface area contributed by atoms with Crippen LogP contribution in [0, 0.1) is 23.7 Å². The maximum absolute atomic E-state index is 12.4. The lowest BCUT2D eigenvalue weighted by Gasteiger charge is -2.37. The predicted molar refractivity (Wildman–Crippen MR) is 99.5 cm³/mol. The van der Waals surface area contributed by atoms with E-state index >= 15 is 0 Å². The molecule has 5 N–H and O–H groups in total. The SMILES string of the molecule is COC(=O)[C@@H](NC(=O)c1ccc(C#C[C@H]2CC(O)[C@H]2CO)cc1)C(C)(C)N. The molecule has 1 aromatic rings. The van der Waals surface area contributed by atoms with E-state index in [0.29, 0.717) is 17.5 Å². The molecular formula is C20H26N2O5. The van der Waals surface area contributed by atoms with Gasteiger partial charge in [-0.2, -0.15) is 0 Å². The minimum Gasteiger partial charge on any atom is -0.467 e. The quantitative estimate of drug-likeness (QED) is 0.426. The molecule has 7 nitrogen and oxygen atoms in total. The van der Waals surface area contributed by atoms with Gasteiger partial charge in [-0.15, -0.1) is 0 Å². The number of ether oxygens (including phenoxy) is 1. The summed E-state index contributed by atoms with van der Waals surface area (Å²) in [5.41, 5.74) is 6.06. The molecule has 27 heavy (non-hydrogen) atoms. The second kappa shape index (κ2) is 8.53. The third-order valence-corrected chi connectivity index (χ3v) is 4.72. The Hall–Kier alpha value is -2.40. The number of hydrogen-bond donors (Lipinski definition) is 4. The van der Waals surface area contributed by atoms with Gasteiger partial charge < -0.3 is 26.0 Å². The summed E-state index contributed by atoms with van der Waals surface area (Å²) >= 11 is 0. The van der Waals surface area contributed by atoms with Crippen molar-refractivity contribution in [2.45, 2.75) is 38.0 Å². The Morgan fingerprint density at radius 3 is 2.48 bits per heavy atom. The van der Waals surface area contributed by atoms with E-state index in [-0.39, 0.29) is 18.4 Å². The van der Waals surface area contributed by atoms with Crippen LogP contribution in [-0.2, 0) is 9.53 Å². The van der Waals surface area contributed by atoms with Crippen molar-refractivity contribution in [2.24, 2.45) is 17.6 Å². The first-order valence-corrected chi connectivity index (χ1v) is 8.75. The standard InChI is InChI=1S/C20H26N2O5/c1-20(2,21)17(19(26)27-3)22-18(25)13-7-4-12(5-8-13)6-9-14-10-16(24)15(14)11-23/h4-5,7-8,14-17,23-24H,10-11,21H2,1-3H3,(H,22,25)/t14-,15-,16?,17+/m0/s1. The number of carbonyl (C=O) groups excluding carboxylic acids is 2. The second-order valence-electron chi connectivity index (χ2n) is 7.35. The lowest BCUT2D eigenvalue weighted by atomic mass is 9.72. The monoisotopic (exact) mass is 374 g/mol. The summed E-state index contributed by atoms with van der Waals surface area (Å²) in [6.45, 7) is 3.17. The van der Waals surface area contributed by atoms with Gasteiger partial charge in [0.2, 0.25) is 0 Å². The van der Waals surface area contributed by atoms with Gasteiger partial charge in [-0.1, -0.05) is 11.8 Å². The van der Waals surface area contributed by atoms with Crippen LogP contribution in [0.15, 0.2) is 24.3 Å². The summed E-state index contributed by atoms with van der Waals surface area (Å²) in [5.74, 6) is 4.76. The van der Waals surface area contributed by atoms with Gasteiger partial charge in [0, 0.05) is 35.1 Å². The van der Waals surface area contributed by atoms with Gasteiger partial charge >= 0.3 is 5.97 Å². The van der Waals surface area contributed by atoms with E-state index in [9.17, 15) is 19.8 Å². The molecule has 146 valence electrons. The largest absolute Gasteiger partial charge is 0.467 e. The Labute approximate surface area is 158 Å². The molecule has 1 fully saturated rings. The van der Waals surface area contributed by atoms with E-state index in [2.05, 4.69) is 17.2 Å². The number of nitrogens with two attached hydrogens (primary N) is 1. The molecule has 0 radical (unpaired) electrons. The molecule has 2 rings (SSSR count). The topological polar surface area (TPSA) is 122 Å². The zero-order valence-corrected chi connectivity index (χ0v) is 15.7. The molecule has 0 aromatic heterocycles. The molecule has 0 saturated heterocycles. The third-order valence-electron chi connectivity index (χ3n) is 4.72. The third kappa shape index (κ3) is 5.07. The zero-order chi connectivity index (χ0) is 20.2. The summed E-state index contributed by atoms with van der Waals surface area (Å²) in [5, 5.41) is 21.3. The van der Waals surface area contributed by atoms with E-state index in [4.69, 9.17) is 10.5 Å². The average molecular weight is 374 g/mol. The molecule has 1 aromatic carbocycles. The maximum atomic E-state index is 12.4. The Bertz CT molecular complexity index is 742. The highest BCUT2D eigenvalue weighted by molar-refractivity contribution is 5.97. The van der Waals surface area contributed by atoms with Crippen molar-refractivity contribution in [3.05, 3.63) is 35.4 Å². The van der Waals surface area contributed by atoms with E-state index in [1.807, 2.05) is 0 Å². The number of nitrogens with one attached hydrogen (secondary N) is 1. The van der Waals surface area contributed by atoms with Gasteiger partial charge in [0.25, 0.3) is 5.91 Å². The molecule has 1 aliphatic rings. The van der Waals surface area contributed by atoms with Gasteiger partial charge in [0.1, 0.15) is 6.04 Å². The predicted octanol–water partition coefficient (Wildman–Crippen LogP) is 0.0361. The number of esters is 1. The number of amides is 1. The number of hydrogen-bond acceptors (Lipinski definition) is 6. The molecule has 1 saturated carbocycles. The summed E-state index contributed by atoms with van der Waals surface area (Å²) in [4.78, 5) is 24.3. The fraction of sp³-hybridized carbons (Fsp3) is 0.500. The number of carbonyl (C=O) groups is 2. The van der Waals surface area contributed by atoms with Crippen LogP contribution < -0.4 is 11.1 Å². The molecule has 0 aliphatic heterocycles. The Balaban J connectivity index is 2.04. The summed E-state index contributed by atoms with van der Waals surface area (Å²) in [6.07, 6.45) is 0.0672. The highest BCUT2D eigenvalue weighted by atomic mass is 16.5. The molecule has 1 unspecified atom stereocenters. The van der Waals surface area contributed by atoms with Gasteiger partial charge in [-0.05, 0) is 44.5 Å². The van der Waals surface area contributed by atoms with E-state index in [0.717, 1.165) is 0 Å². The molecule has 0 bridgehead atoms. The van der Waals surface area contributed by atoms with Crippen LogP contribution in [0.25, 0.3) is 0 Å². The van der Waals surface area contributed by atoms with Crippen molar-refractivity contribution in [1.82, 2.24) is 5.32 Å². The first-order chi connectivity index (χ1) is 12.7. The molecule has 0 spiro atoms. The number of aliphatic hydroxyl groups excluding tert-OH is 2. The summed E-state index contributed by atoms with van der Waals surface area (Å²) < 4.78 is 4.70. The lowest BCUT2D eigenvalue weighted by molar-refractivity contribution is -0.144. The molecular weight excluding hydrogens is 348 g/mol. The Morgan fingerprint density at radius 2 is 2.00 bits per heavy atom. The van der Waals surface area contributed by atoms with Crippen LogP contribution in [-0.4, -0.2) is 53.5 Å². The number of rotatable bonds is 5. The van der Waals surface area contributed by atoms with Crippen LogP contribution in [0.1, 0.15) is 36.2 Å². The van der Waals surface area contributed by atoms with Crippen molar-refractivity contribution in [3.63, 3.8) is 0 Å². The first-order valence-electron chi connectivity index (χ1n) is 8.75. The smallest absolute Gasteiger partial charge is 0.330 e. The molecule has 4 atom stereocenters. The highest BCUT2D eigenvalue weighted by Crippen LogP contribution is 2.33.